The average molecular weight is 420 g/mol. The van der Waals surface area contributed by atoms with Crippen molar-refractivity contribution in [3.05, 3.63) is 71.0 Å². The summed E-state index contributed by atoms with van der Waals surface area (Å²) in [7, 11) is 0. The van der Waals surface area contributed by atoms with E-state index in [0.717, 1.165) is 20.9 Å². The van der Waals surface area contributed by atoms with E-state index in [1.165, 1.54) is 11.3 Å². The molecule has 0 spiro atoms. The van der Waals surface area contributed by atoms with Crippen molar-refractivity contribution in [2.24, 2.45) is 0 Å². The second-order valence-corrected chi connectivity index (χ2v) is 7.69. The van der Waals surface area contributed by atoms with Crippen LogP contribution in [-0.4, -0.2) is 27.5 Å². The lowest BCUT2D eigenvalue weighted by molar-refractivity contribution is -0.119. The van der Waals surface area contributed by atoms with Crippen LogP contribution in [0.3, 0.4) is 0 Å². The number of nitrogens with one attached hydrogen (secondary N) is 1. The molecule has 4 rings (SSSR count). The number of ether oxygens (including phenoxy) is 1. The molecule has 152 valence electrons. The van der Waals surface area contributed by atoms with Gasteiger partial charge in [-0.15, -0.1) is 16.4 Å². The summed E-state index contributed by atoms with van der Waals surface area (Å²) in [6.07, 6.45) is 0. The van der Waals surface area contributed by atoms with Crippen molar-refractivity contribution in [2.45, 2.75) is 19.9 Å². The highest BCUT2D eigenvalue weighted by atomic mass is 32.1. The summed E-state index contributed by atoms with van der Waals surface area (Å²) in [5, 5.41) is 11.4. The zero-order valence-corrected chi connectivity index (χ0v) is 17.3. The number of benzene rings is 2. The summed E-state index contributed by atoms with van der Waals surface area (Å²) in [6.45, 7) is 4.10. The van der Waals surface area contributed by atoms with E-state index in [1.807, 2.05) is 37.3 Å². The molecule has 0 saturated heterocycles. The molecule has 0 unspecified atom stereocenters. The summed E-state index contributed by atoms with van der Waals surface area (Å²) < 4.78 is 6.52. The Morgan fingerprint density at radius 3 is 2.60 bits per heavy atom. The third-order valence-electron chi connectivity index (χ3n) is 4.62. The first-order valence-electron chi connectivity index (χ1n) is 9.55. The standard InChI is InChI=1S/C22H20N4O3S/c1-3-29-17-11-9-16(10-12-17)23-20(27)14(2)26-22(28)18-13-19(30-21(18)24-25-26)15-7-5-4-6-8-15/h4-14H,3H2,1-2H3,(H,23,27)/t14-/m1/s1. The molecule has 4 aromatic rings. The number of thiophene rings is 1. The number of hydrogen-bond donors (Lipinski definition) is 1. The van der Waals surface area contributed by atoms with Crippen LogP contribution in [-0.2, 0) is 4.79 Å². The van der Waals surface area contributed by atoms with Gasteiger partial charge < -0.3 is 10.1 Å². The maximum atomic E-state index is 13.0. The van der Waals surface area contributed by atoms with Gasteiger partial charge in [-0.05, 0) is 49.7 Å². The number of amides is 1. The molecule has 2 aromatic carbocycles. The minimum Gasteiger partial charge on any atom is -0.494 e. The summed E-state index contributed by atoms with van der Waals surface area (Å²) in [5.41, 5.74) is 1.28. The number of hydrogen-bond acceptors (Lipinski definition) is 6. The van der Waals surface area contributed by atoms with E-state index in [2.05, 4.69) is 15.6 Å². The number of rotatable bonds is 6. The predicted octanol–water partition coefficient (Wildman–Crippen LogP) is 4.12. The average Bonchev–Trinajstić information content (AvgIpc) is 3.21. The van der Waals surface area contributed by atoms with Gasteiger partial charge in [-0.3, -0.25) is 9.59 Å². The molecule has 7 nitrogen and oxygen atoms in total. The molecule has 1 N–H and O–H groups in total. The van der Waals surface area contributed by atoms with E-state index < -0.39 is 6.04 Å². The Labute approximate surface area is 176 Å². The van der Waals surface area contributed by atoms with Crippen molar-refractivity contribution in [1.29, 1.82) is 0 Å². The molecule has 0 aliphatic heterocycles. The van der Waals surface area contributed by atoms with Gasteiger partial charge in [0.2, 0.25) is 5.91 Å². The molecule has 2 aromatic heterocycles. The molecule has 2 heterocycles. The Hall–Kier alpha value is -3.52. The molecule has 8 heteroatoms. The number of nitrogens with zero attached hydrogens (tertiary/aromatic N) is 3. The number of fused-ring (bicyclic) bond motifs is 1. The van der Waals surface area contributed by atoms with Crippen molar-refractivity contribution in [3.8, 4) is 16.2 Å². The van der Waals surface area contributed by atoms with E-state index in [0.29, 0.717) is 22.5 Å². The Bertz CT molecular complexity index is 1230. The maximum Gasteiger partial charge on any atom is 0.279 e. The third-order valence-corrected chi connectivity index (χ3v) is 5.69. The second-order valence-electron chi connectivity index (χ2n) is 6.66. The first-order chi connectivity index (χ1) is 14.6. The minimum absolute atomic E-state index is 0.340. The van der Waals surface area contributed by atoms with Crippen LogP contribution in [0.4, 0.5) is 5.69 Å². The smallest absolute Gasteiger partial charge is 0.279 e. The largest absolute Gasteiger partial charge is 0.494 e. The fourth-order valence-electron chi connectivity index (χ4n) is 3.02. The molecule has 1 amide bonds. The molecule has 0 bridgehead atoms. The fraction of sp³-hybridized carbons (Fsp3) is 0.182. The van der Waals surface area contributed by atoms with Crippen LogP contribution in [0.25, 0.3) is 20.7 Å². The van der Waals surface area contributed by atoms with Gasteiger partial charge >= 0.3 is 0 Å². The highest BCUT2D eigenvalue weighted by molar-refractivity contribution is 7.21. The van der Waals surface area contributed by atoms with E-state index in [-0.39, 0.29) is 11.5 Å². The lowest BCUT2D eigenvalue weighted by Gasteiger charge is -2.13. The monoisotopic (exact) mass is 420 g/mol. The van der Waals surface area contributed by atoms with Crippen molar-refractivity contribution in [1.82, 2.24) is 15.0 Å². The Balaban J connectivity index is 1.58. The van der Waals surface area contributed by atoms with Gasteiger partial charge in [0.1, 0.15) is 11.8 Å². The maximum absolute atomic E-state index is 13.0. The van der Waals surface area contributed by atoms with Gasteiger partial charge in [-0.1, -0.05) is 35.5 Å². The second kappa shape index (κ2) is 8.46. The molecule has 0 aliphatic carbocycles. The number of carbonyl (C=O) groups is 1. The zero-order chi connectivity index (χ0) is 21.1. The summed E-state index contributed by atoms with van der Waals surface area (Å²) in [6, 6.07) is 17.8. The highest BCUT2D eigenvalue weighted by Gasteiger charge is 2.20. The van der Waals surface area contributed by atoms with Crippen LogP contribution in [0.15, 0.2) is 65.5 Å². The van der Waals surface area contributed by atoms with Gasteiger partial charge in [0.25, 0.3) is 5.56 Å². The van der Waals surface area contributed by atoms with Crippen molar-refractivity contribution < 1.29 is 9.53 Å². The minimum atomic E-state index is -0.818. The Morgan fingerprint density at radius 2 is 1.90 bits per heavy atom. The fourth-order valence-corrected chi connectivity index (χ4v) is 3.99. The lowest BCUT2D eigenvalue weighted by Crippen LogP contribution is -2.33. The van der Waals surface area contributed by atoms with Gasteiger partial charge in [0.05, 0.1) is 12.0 Å². The van der Waals surface area contributed by atoms with Gasteiger partial charge in [-0.2, -0.15) is 4.68 Å². The van der Waals surface area contributed by atoms with E-state index in [9.17, 15) is 9.59 Å². The summed E-state index contributed by atoms with van der Waals surface area (Å²) in [4.78, 5) is 27.1. The molecule has 1 atom stereocenters. The molecule has 0 aliphatic rings. The normalized spacial score (nSPS) is 11.9. The predicted molar refractivity (Wildman–Crippen MR) is 118 cm³/mol. The summed E-state index contributed by atoms with van der Waals surface area (Å²) in [5.74, 6) is 0.371. The quantitative estimate of drug-likeness (QED) is 0.507. The lowest BCUT2D eigenvalue weighted by atomic mass is 10.2. The van der Waals surface area contributed by atoms with E-state index in [1.54, 1.807) is 37.3 Å². The number of carbonyl (C=O) groups excluding carboxylic acids is 1. The Morgan fingerprint density at radius 1 is 1.17 bits per heavy atom. The third kappa shape index (κ3) is 3.95. The van der Waals surface area contributed by atoms with Crippen LogP contribution >= 0.6 is 11.3 Å². The van der Waals surface area contributed by atoms with Crippen LogP contribution in [0.2, 0.25) is 0 Å². The number of anilines is 1. The van der Waals surface area contributed by atoms with Crippen LogP contribution in [0.5, 0.6) is 5.75 Å². The van der Waals surface area contributed by atoms with E-state index >= 15 is 0 Å². The highest BCUT2D eigenvalue weighted by Crippen LogP contribution is 2.30. The van der Waals surface area contributed by atoms with Gasteiger partial charge in [0, 0.05) is 10.6 Å². The van der Waals surface area contributed by atoms with Gasteiger partial charge in [0.15, 0.2) is 4.83 Å². The molecular formula is C22H20N4O3S. The first-order valence-corrected chi connectivity index (χ1v) is 10.4. The molecular weight excluding hydrogens is 400 g/mol. The Kier molecular flexibility index (Phi) is 5.58. The van der Waals surface area contributed by atoms with Crippen molar-refractivity contribution >= 4 is 33.1 Å². The zero-order valence-electron chi connectivity index (χ0n) is 16.5. The molecule has 0 saturated carbocycles. The van der Waals surface area contributed by atoms with Gasteiger partial charge in [-0.25, -0.2) is 0 Å². The van der Waals surface area contributed by atoms with Crippen LogP contribution in [0, 0.1) is 0 Å². The topological polar surface area (TPSA) is 86.1 Å². The first kappa shape index (κ1) is 19.8. The molecule has 0 fully saturated rings. The number of aromatic nitrogens is 3. The van der Waals surface area contributed by atoms with Crippen LogP contribution in [0.1, 0.15) is 19.9 Å². The molecule has 30 heavy (non-hydrogen) atoms. The van der Waals surface area contributed by atoms with Crippen LogP contribution < -0.4 is 15.6 Å². The SMILES string of the molecule is CCOc1ccc(NC(=O)[C@@H](C)n2nnc3sc(-c4ccccc4)cc3c2=O)cc1. The van der Waals surface area contributed by atoms with E-state index in [4.69, 9.17) is 4.74 Å². The van der Waals surface area contributed by atoms with Crippen molar-refractivity contribution in [2.75, 3.05) is 11.9 Å². The molecule has 0 radical (unpaired) electrons. The van der Waals surface area contributed by atoms with Crippen molar-refractivity contribution in [3.63, 3.8) is 0 Å². The summed E-state index contributed by atoms with van der Waals surface area (Å²) >= 11 is 1.40.